The van der Waals surface area contributed by atoms with Gasteiger partial charge >= 0.3 is 0 Å². The van der Waals surface area contributed by atoms with Crippen LogP contribution in [-0.4, -0.2) is 35.6 Å². The van der Waals surface area contributed by atoms with Crippen LogP contribution >= 0.6 is 0 Å². The smallest absolute Gasteiger partial charge is 0.239 e. The number of nitrogens with zero attached hydrogens (tertiary/aromatic N) is 2. The number of hydrogen-bond acceptors (Lipinski definition) is 4. The molecule has 2 saturated carbocycles. The molecule has 0 heterocycles. The SMILES string of the molecule is COc1ccc(C2CCC(CN(C(=O)C3CCCCC3)/C(N)=N/O)CC2)cc1C. The van der Waals surface area contributed by atoms with Crippen LogP contribution in [0.5, 0.6) is 5.75 Å². The van der Waals surface area contributed by atoms with Crippen molar-refractivity contribution in [3.8, 4) is 5.75 Å². The van der Waals surface area contributed by atoms with Gasteiger partial charge in [0.2, 0.25) is 11.9 Å². The first-order valence-corrected chi connectivity index (χ1v) is 11.0. The molecule has 1 aromatic carbocycles. The monoisotopic (exact) mass is 401 g/mol. The zero-order valence-electron chi connectivity index (χ0n) is 17.8. The summed E-state index contributed by atoms with van der Waals surface area (Å²) in [6, 6.07) is 6.46. The normalized spacial score (nSPS) is 23.6. The van der Waals surface area contributed by atoms with Gasteiger partial charge in [0, 0.05) is 12.5 Å². The van der Waals surface area contributed by atoms with Crippen molar-refractivity contribution in [2.45, 2.75) is 70.6 Å². The summed E-state index contributed by atoms with van der Waals surface area (Å²) in [6.45, 7) is 2.64. The van der Waals surface area contributed by atoms with Crippen molar-refractivity contribution >= 4 is 11.9 Å². The first kappa shape index (κ1) is 21.5. The third kappa shape index (κ3) is 5.22. The molecule has 2 aliphatic carbocycles. The van der Waals surface area contributed by atoms with Crippen LogP contribution in [-0.2, 0) is 4.79 Å². The lowest BCUT2D eigenvalue weighted by atomic mass is 9.78. The number of oxime groups is 1. The Kier molecular flexibility index (Phi) is 7.40. The van der Waals surface area contributed by atoms with Gasteiger partial charge in [0.05, 0.1) is 7.11 Å². The minimum absolute atomic E-state index is 0.0164. The van der Waals surface area contributed by atoms with Crippen LogP contribution in [0.2, 0.25) is 0 Å². The first-order valence-electron chi connectivity index (χ1n) is 11.0. The molecule has 6 heteroatoms. The van der Waals surface area contributed by atoms with E-state index in [2.05, 4.69) is 30.3 Å². The van der Waals surface area contributed by atoms with Crippen molar-refractivity contribution in [2.24, 2.45) is 22.7 Å². The summed E-state index contributed by atoms with van der Waals surface area (Å²) in [5.41, 5.74) is 8.44. The van der Waals surface area contributed by atoms with Gasteiger partial charge in [-0.1, -0.05) is 36.6 Å². The number of hydrogen-bond donors (Lipinski definition) is 2. The molecule has 3 N–H and O–H groups in total. The summed E-state index contributed by atoms with van der Waals surface area (Å²) in [5.74, 6) is 1.85. The van der Waals surface area contributed by atoms with Crippen molar-refractivity contribution in [3.63, 3.8) is 0 Å². The number of carbonyl (C=O) groups excluding carboxylic acids is 1. The molecule has 0 unspecified atom stereocenters. The van der Waals surface area contributed by atoms with Crippen LogP contribution in [0.4, 0.5) is 0 Å². The van der Waals surface area contributed by atoms with E-state index in [-0.39, 0.29) is 17.8 Å². The number of ether oxygens (including phenoxy) is 1. The molecule has 0 aromatic heterocycles. The molecule has 0 spiro atoms. The molecular formula is C23H35N3O3. The summed E-state index contributed by atoms with van der Waals surface area (Å²) in [6.07, 6.45) is 9.49. The summed E-state index contributed by atoms with van der Waals surface area (Å²) in [7, 11) is 1.70. The van der Waals surface area contributed by atoms with Crippen LogP contribution in [0.3, 0.4) is 0 Å². The molecule has 6 nitrogen and oxygen atoms in total. The second-order valence-corrected chi connectivity index (χ2v) is 8.69. The molecule has 0 atom stereocenters. The number of carbonyl (C=O) groups is 1. The van der Waals surface area contributed by atoms with Gasteiger partial charge in [-0.15, -0.1) is 0 Å². The molecule has 1 amide bonds. The third-order valence-electron chi connectivity index (χ3n) is 6.78. The van der Waals surface area contributed by atoms with Crippen LogP contribution in [0.1, 0.15) is 74.8 Å². The van der Waals surface area contributed by atoms with Gasteiger partial charge in [-0.3, -0.25) is 9.69 Å². The van der Waals surface area contributed by atoms with E-state index in [0.717, 1.165) is 57.1 Å². The number of guanidine groups is 1. The summed E-state index contributed by atoms with van der Waals surface area (Å²) >= 11 is 0. The molecule has 1 aromatic rings. The fraction of sp³-hybridized carbons (Fsp3) is 0.652. The van der Waals surface area contributed by atoms with Gasteiger partial charge < -0.3 is 15.7 Å². The zero-order valence-corrected chi connectivity index (χ0v) is 17.8. The van der Waals surface area contributed by atoms with Gasteiger partial charge in [0.15, 0.2) is 0 Å². The number of rotatable bonds is 5. The number of methoxy groups -OCH3 is 1. The van der Waals surface area contributed by atoms with Gasteiger partial charge in [-0.25, -0.2) is 0 Å². The van der Waals surface area contributed by atoms with E-state index in [1.807, 2.05) is 0 Å². The second kappa shape index (κ2) is 9.99. The Hall–Kier alpha value is -2.24. The highest BCUT2D eigenvalue weighted by atomic mass is 16.5. The maximum absolute atomic E-state index is 13.0. The highest BCUT2D eigenvalue weighted by molar-refractivity contribution is 5.97. The number of aryl methyl sites for hydroxylation is 1. The minimum Gasteiger partial charge on any atom is -0.496 e. The lowest BCUT2D eigenvalue weighted by Crippen LogP contribution is -2.48. The van der Waals surface area contributed by atoms with Gasteiger partial charge in [-0.05, 0) is 74.5 Å². The average molecular weight is 402 g/mol. The number of benzene rings is 1. The summed E-state index contributed by atoms with van der Waals surface area (Å²) in [5, 5.41) is 12.3. The molecule has 2 fully saturated rings. The van der Waals surface area contributed by atoms with E-state index in [1.165, 1.54) is 17.5 Å². The van der Waals surface area contributed by atoms with E-state index in [4.69, 9.17) is 10.5 Å². The van der Waals surface area contributed by atoms with Gasteiger partial charge in [0.1, 0.15) is 5.75 Å². The Labute approximate surface area is 174 Å². The van der Waals surface area contributed by atoms with Crippen LogP contribution in [0.25, 0.3) is 0 Å². The Morgan fingerprint density at radius 1 is 1.17 bits per heavy atom. The minimum atomic E-state index is -0.0616. The Bertz CT molecular complexity index is 720. The van der Waals surface area contributed by atoms with Crippen LogP contribution in [0, 0.1) is 18.8 Å². The van der Waals surface area contributed by atoms with Crippen molar-refractivity contribution < 1.29 is 14.7 Å². The molecular weight excluding hydrogens is 366 g/mol. The molecule has 0 radical (unpaired) electrons. The lowest BCUT2D eigenvalue weighted by molar-refractivity contribution is -0.133. The first-order chi connectivity index (χ1) is 14.0. The van der Waals surface area contributed by atoms with Crippen molar-refractivity contribution in [3.05, 3.63) is 29.3 Å². The molecule has 0 bridgehead atoms. The quantitative estimate of drug-likeness (QED) is 0.331. The molecule has 0 aliphatic heterocycles. The Balaban J connectivity index is 1.59. The molecule has 0 saturated heterocycles. The fourth-order valence-corrected chi connectivity index (χ4v) is 5.01. The van der Waals surface area contributed by atoms with Crippen LogP contribution in [0.15, 0.2) is 23.4 Å². The van der Waals surface area contributed by atoms with E-state index in [0.29, 0.717) is 18.4 Å². The molecule has 2 aliphatic rings. The number of nitrogens with two attached hydrogens (primary N) is 1. The summed E-state index contributed by atoms with van der Waals surface area (Å²) < 4.78 is 5.37. The molecule has 160 valence electrons. The third-order valence-corrected chi connectivity index (χ3v) is 6.78. The summed E-state index contributed by atoms with van der Waals surface area (Å²) in [4.78, 5) is 14.5. The van der Waals surface area contributed by atoms with Crippen molar-refractivity contribution in [2.75, 3.05) is 13.7 Å². The average Bonchev–Trinajstić information content (AvgIpc) is 2.77. The van der Waals surface area contributed by atoms with E-state index in [1.54, 1.807) is 12.0 Å². The predicted octanol–water partition coefficient (Wildman–Crippen LogP) is 4.39. The predicted molar refractivity (Wildman–Crippen MR) is 114 cm³/mol. The highest BCUT2D eigenvalue weighted by Gasteiger charge is 2.31. The Morgan fingerprint density at radius 2 is 1.86 bits per heavy atom. The fourth-order valence-electron chi connectivity index (χ4n) is 5.01. The highest BCUT2D eigenvalue weighted by Crippen LogP contribution is 2.37. The maximum Gasteiger partial charge on any atom is 0.239 e. The Morgan fingerprint density at radius 3 is 2.45 bits per heavy atom. The van der Waals surface area contributed by atoms with Crippen molar-refractivity contribution in [1.82, 2.24) is 4.90 Å². The van der Waals surface area contributed by atoms with Gasteiger partial charge in [-0.2, -0.15) is 0 Å². The number of amides is 1. The van der Waals surface area contributed by atoms with E-state index < -0.39 is 0 Å². The lowest BCUT2D eigenvalue weighted by Gasteiger charge is -2.34. The molecule has 3 rings (SSSR count). The van der Waals surface area contributed by atoms with E-state index >= 15 is 0 Å². The van der Waals surface area contributed by atoms with Crippen LogP contribution < -0.4 is 10.5 Å². The topological polar surface area (TPSA) is 88.2 Å². The second-order valence-electron chi connectivity index (χ2n) is 8.69. The van der Waals surface area contributed by atoms with Gasteiger partial charge in [0.25, 0.3) is 0 Å². The van der Waals surface area contributed by atoms with Crippen molar-refractivity contribution in [1.29, 1.82) is 0 Å². The zero-order chi connectivity index (χ0) is 20.8. The molecule has 29 heavy (non-hydrogen) atoms. The van der Waals surface area contributed by atoms with E-state index in [9.17, 15) is 10.0 Å². The standard InChI is InChI=1S/C23H35N3O3/c1-16-14-20(12-13-21(16)29-2)18-10-8-17(9-11-18)15-26(23(24)25-28)22(27)19-6-4-3-5-7-19/h12-14,17-19,28H,3-11,15H2,1-2H3,(H2,24,25). The maximum atomic E-state index is 13.0. The largest absolute Gasteiger partial charge is 0.496 e.